The number of allylic oxidation sites excluding steroid dienone is 1. The summed E-state index contributed by atoms with van der Waals surface area (Å²) in [7, 11) is 2.50. The van der Waals surface area contributed by atoms with Gasteiger partial charge in [-0.25, -0.2) is 15.0 Å². The molecule has 0 bridgehead atoms. The molecule has 0 unspecified atom stereocenters. The number of rotatable bonds is 12. The van der Waals surface area contributed by atoms with Crippen molar-refractivity contribution in [3.8, 4) is 5.75 Å². The van der Waals surface area contributed by atoms with Gasteiger partial charge < -0.3 is 29.6 Å². The number of halogens is 2. The van der Waals surface area contributed by atoms with Crippen molar-refractivity contribution >= 4 is 52.7 Å². The summed E-state index contributed by atoms with van der Waals surface area (Å²) < 4.78 is 21.4. The van der Waals surface area contributed by atoms with Crippen molar-refractivity contribution < 1.29 is 38.1 Å². The van der Waals surface area contributed by atoms with Crippen LogP contribution in [-0.4, -0.2) is 70.0 Å². The number of nitrogens with zero attached hydrogens (tertiary/aromatic N) is 1. The molecule has 2 aromatic carbocycles. The van der Waals surface area contributed by atoms with Crippen LogP contribution in [0.3, 0.4) is 0 Å². The Kier molecular flexibility index (Phi) is 11.6. The third-order valence-electron chi connectivity index (χ3n) is 7.01. The average molecular weight is 660 g/mol. The zero-order valence-corrected chi connectivity index (χ0v) is 26.3. The van der Waals surface area contributed by atoms with Crippen LogP contribution in [0.25, 0.3) is 0 Å². The summed E-state index contributed by atoms with van der Waals surface area (Å²) in [5.74, 6) is -2.38. The third kappa shape index (κ3) is 8.21. The van der Waals surface area contributed by atoms with E-state index in [1.54, 1.807) is 49.4 Å². The zero-order chi connectivity index (χ0) is 32.5. The predicted octanol–water partition coefficient (Wildman–Crippen LogP) is 3.38. The molecule has 2 aromatic rings. The Morgan fingerprint density at radius 3 is 2.40 bits per heavy atom. The first kappa shape index (κ1) is 33.5. The number of hydrogen-bond donors (Lipinski definition) is 3. The van der Waals surface area contributed by atoms with Crippen LogP contribution < -0.4 is 20.8 Å². The lowest BCUT2D eigenvalue weighted by molar-refractivity contribution is -0.137. The average Bonchev–Trinajstić information content (AvgIpc) is 3.03. The number of hydrogen-bond acceptors (Lipinski definition) is 10. The van der Waals surface area contributed by atoms with Crippen molar-refractivity contribution in [1.82, 2.24) is 16.1 Å². The SMILES string of the molecule is COC(=O)C1=C(C)NC(COCCNC(=O)COc2ccc(C3=NNC(=O)CC3)cc2Cl)=C(C(=O)OC)[C@H]1c1ccccc1Cl. The lowest BCUT2D eigenvalue weighted by atomic mass is 9.80. The zero-order valence-electron chi connectivity index (χ0n) is 24.8. The van der Waals surface area contributed by atoms with Crippen LogP contribution >= 0.6 is 23.2 Å². The van der Waals surface area contributed by atoms with Crippen molar-refractivity contribution in [3.63, 3.8) is 0 Å². The molecule has 2 aliphatic heterocycles. The second kappa shape index (κ2) is 15.6. The van der Waals surface area contributed by atoms with Gasteiger partial charge in [-0.2, -0.15) is 5.10 Å². The molecule has 14 heteroatoms. The van der Waals surface area contributed by atoms with Crippen LogP contribution in [0, 0.1) is 0 Å². The molecule has 45 heavy (non-hydrogen) atoms. The Balaban J connectivity index is 1.35. The third-order valence-corrected chi connectivity index (χ3v) is 7.65. The van der Waals surface area contributed by atoms with Gasteiger partial charge in [0, 0.05) is 30.1 Å². The molecule has 0 aliphatic carbocycles. The van der Waals surface area contributed by atoms with Gasteiger partial charge in [-0.1, -0.05) is 41.4 Å². The molecule has 2 amide bonds. The Hall–Kier alpha value is -4.39. The standard InChI is InChI=1S/C31H32Cl2N4O8/c1-17-27(30(40)42-2)28(19-6-4-5-7-20(19)32)29(31(41)43-3)23(35-17)15-44-13-12-34-26(39)16-45-24-10-8-18(14-21(24)33)22-9-11-25(38)37-36-22/h4-8,10,14,28,35H,9,11-13,15-16H2,1-3H3,(H,34,39)(H,37,38)/t28-/m0/s1. The van der Waals surface area contributed by atoms with Crippen LogP contribution in [0.5, 0.6) is 5.75 Å². The minimum absolute atomic E-state index is 0.0551. The summed E-state index contributed by atoms with van der Waals surface area (Å²) in [6.45, 7) is 1.60. The summed E-state index contributed by atoms with van der Waals surface area (Å²) in [5, 5.41) is 10.5. The Morgan fingerprint density at radius 1 is 1.00 bits per heavy atom. The highest BCUT2D eigenvalue weighted by molar-refractivity contribution is 6.32. The van der Waals surface area contributed by atoms with Crippen LogP contribution in [0.15, 0.2) is 70.1 Å². The maximum Gasteiger partial charge on any atom is 0.336 e. The van der Waals surface area contributed by atoms with Gasteiger partial charge in [-0.3, -0.25) is 9.59 Å². The Morgan fingerprint density at radius 2 is 1.73 bits per heavy atom. The van der Waals surface area contributed by atoms with E-state index < -0.39 is 23.8 Å². The largest absolute Gasteiger partial charge is 0.482 e. The Bertz CT molecular complexity index is 1590. The maximum atomic E-state index is 13.0. The van der Waals surface area contributed by atoms with E-state index in [4.69, 9.17) is 42.1 Å². The first-order valence-electron chi connectivity index (χ1n) is 13.9. The van der Waals surface area contributed by atoms with Gasteiger partial charge in [-0.05, 0) is 42.3 Å². The summed E-state index contributed by atoms with van der Waals surface area (Å²) in [6, 6.07) is 11.9. The lowest BCUT2D eigenvalue weighted by Gasteiger charge is -2.31. The highest BCUT2D eigenvalue weighted by Crippen LogP contribution is 2.41. The van der Waals surface area contributed by atoms with Crippen LogP contribution in [-0.2, 0) is 33.4 Å². The molecule has 12 nitrogen and oxygen atoms in total. The number of esters is 2. The molecule has 2 aliphatic rings. The van der Waals surface area contributed by atoms with E-state index in [-0.39, 0.29) is 43.4 Å². The van der Waals surface area contributed by atoms with E-state index in [1.807, 2.05) is 0 Å². The normalized spacial score (nSPS) is 16.3. The summed E-state index contributed by atoms with van der Waals surface area (Å²) in [5.41, 5.74) is 5.63. The summed E-state index contributed by atoms with van der Waals surface area (Å²) in [6.07, 6.45) is 0.840. The molecule has 0 radical (unpaired) electrons. The Labute approximate surface area is 269 Å². The van der Waals surface area contributed by atoms with Crippen molar-refractivity contribution in [2.45, 2.75) is 25.7 Å². The molecule has 0 aromatic heterocycles. The van der Waals surface area contributed by atoms with Gasteiger partial charge in [0.05, 0.1) is 60.9 Å². The van der Waals surface area contributed by atoms with Crippen LogP contribution in [0.2, 0.25) is 10.0 Å². The molecule has 0 fully saturated rings. The van der Waals surface area contributed by atoms with E-state index in [0.717, 1.165) is 5.56 Å². The van der Waals surface area contributed by atoms with Crippen LogP contribution in [0.4, 0.5) is 0 Å². The van der Waals surface area contributed by atoms with Crippen molar-refractivity contribution in [1.29, 1.82) is 0 Å². The van der Waals surface area contributed by atoms with Gasteiger partial charge in [0.2, 0.25) is 5.91 Å². The van der Waals surface area contributed by atoms with Gasteiger partial charge in [0.1, 0.15) is 5.75 Å². The fourth-order valence-electron chi connectivity index (χ4n) is 4.87. The van der Waals surface area contributed by atoms with E-state index in [9.17, 15) is 19.2 Å². The highest BCUT2D eigenvalue weighted by atomic mass is 35.5. The molecular weight excluding hydrogens is 627 g/mol. The van der Waals surface area contributed by atoms with Gasteiger partial charge >= 0.3 is 11.9 Å². The van der Waals surface area contributed by atoms with Gasteiger partial charge in [-0.15, -0.1) is 0 Å². The molecule has 0 spiro atoms. The lowest BCUT2D eigenvalue weighted by Crippen LogP contribution is -2.35. The topological polar surface area (TPSA) is 154 Å². The minimum Gasteiger partial charge on any atom is -0.482 e. The van der Waals surface area contributed by atoms with E-state index in [1.165, 1.54) is 14.2 Å². The van der Waals surface area contributed by atoms with Gasteiger partial charge in [0.25, 0.3) is 5.91 Å². The quantitative estimate of drug-likeness (QED) is 0.230. The van der Waals surface area contributed by atoms with E-state index >= 15 is 0 Å². The number of nitrogens with one attached hydrogen (secondary N) is 3. The molecule has 1 atom stereocenters. The predicted molar refractivity (Wildman–Crippen MR) is 166 cm³/mol. The van der Waals surface area contributed by atoms with Crippen molar-refractivity contribution in [2.24, 2.45) is 5.10 Å². The second-order valence-corrected chi connectivity index (χ2v) is 10.7. The number of ether oxygens (including phenoxy) is 4. The van der Waals surface area contributed by atoms with Gasteiger partial charge in [0.15, 0.2) is 6.61 Å². The number of carbonyl (C=O) groups excluding carboxylic acids is 4. The van der Waals surface area contributed by atoms with Crippen molar-refractivity contribution in [2.75, 3.05) is 40.6 Å². The number of hydrazone groups is 1. The first-order valence-corrected chi connectivity index (χ1v) is 14.6. The fraction of sp³-hybridized carbons (Fsp3) is 0.323. The fourth-order valence-corrected chi connectivity index (χ4v) is 5.35. The van der Waals surface area contributed by atoms with Crippen LogP contribution in [0.1, 0.15) is 36.8 Å². The number of amides is 2. The number of benzene rings is 2. The smallest absolute Gasteiger partial charge is 0.336 e. The molecule has 0 saturated carbocycles. The molecule has 238 valence electrons. The maximum absolute atomic E-state index is 13.0. The summed E-state index contributed by atoms with van der Waals surface area (Å²) in [4.78, 5) is 49.5. The number of methoxy groups -OCH3 is 2. The highest BCUT2D eigenvalue weighted by Gasteiger charge is 2.39. The molecule has 2 heterocycles. The minimum atomic E-state index is -0.868. The number of dihydropyridines is 1. The van der Waals surface area contributed by atoms with E-state index in [0.29, 0.717) is 51.3 Å². The first-order chi connectivity index (χ1) is 21.6. The summed E-state index contributed by atoms with van der Waals surface area (Å²) >= 11 is 12.8. The molecule has 0 saturated heterocycles. The van der Waals surface area contributed by atoms with Crippen molar-refractivity contribution in [3.05, 3.63) is 86.2 Å². The molecule has 4 rings (SSSR count). The number of carbonyl (C=O) groups is 4. The van der Waals surface area contributed by atoms with E-state index in [2.05, 4.69) is 21.2 Å². The monoisotopic (exact) mass is 658 g/mol. The molecular formula is C31H32Cl2N4O8. The molecule has 3 N–H and O–H groups in total. The second-order valence-electron chi connectivity index (χ2n) is 9.92.